The Hall–Kier alpha value is -2.44. The van der Waals surface area contributed by atoms with Crippen molar-refractivity contribution in [2.75, 3.05) is 20.3 Å². The maximum atomic E-state index is 13.9. The number of carbonyl (C=O) groups excluding carboxylic acids is 1. The Bertz CT molecular complexity index is 665. The first-order chi connectivity index (χ1) is 12.1. The molecule has 0 saturated carbocycles. The second-order valence-corrected chi connectivity index (χ2v) is 5.40. The molecule has 0 heterocycles. The van der Waals surface area contributed by atoms with E-state index in [1.165, 1.54) is 0 Å². The summed E-state index contributed by atoms with van der Waals surface area (Å²) in [6, 6.07) is 15.6. The molecule has 5 nitrogen and oxygen atoms in total. The lowest BCUT2D eigenvalue weighted by Crippen LogP contribution is -2.32. The summed E-state index contributed by atoms with van der Waals surface area (Å²) in [5, 5.41) is 12.5. The SMILES string of the molecule is COc1ccccc1OCCNC(F)CC(=O)C(O)c1ccccc1. The highest BCUT2D eigenvalue weighted by molar-refractivity contribution is 5.84. The van der Waals surface area contributed by atoms with Crippen LogP contribution in [0.2, 0.25) is 0 Å². The Kier molecular flexibility index (Phi) is 7.37. The van der Waals surface area contributed by atoms with E-state index >= 15 is 0 Å². The molecule has 2 atom stereocenters. The summed E-state index contributed by atoms with van der Waals surface area (Å²) < 4.78 is 24.5. The number of rotatable bonds is 10. The number of halogens is 1. The van der Waals surface area contributed by atoms with Gasteiger partial charge in [0.15, 0.2) is 23.6 Å². The molecule has 6 heteroatoms. The van der Waals surface area contributed by atoms with Gasteiger partial charge < -0.3 is 14.6 Å². The van der Waals surface area contributed by atoms with Crippen LogP contribution in [0.25, 0.3) is 0 Å². The molecule has 0 amide bonds. The number of ether oxygens (including phenoxy) is 2. The van der Waals surface area contributed by atoms with Crippen LogP contribution in [0.1, 0.15) is 18.1 Å². The first kappa shape index (κ1) is 18.9. The Balaban J connectivity index is 1.71. The van der Waals surface area contributed by atoms with Crippen LogP contribution in [0.15, 0.2) is 54.6 Å². The van der Waals surface area contributed by atoms with Crippen LogP contribution in [0.4, 0.5) is 4.39 Å². The molecule has 134 valence electrons. The molecular formula is C19H22FNO4. The van der Waals surface area contributed by atoms with Crippen molar-refractivity contribution in [2.45, 2.75) is 18.8 Å². The molecule has 0 aliphatic heterocycles. The number of para-hydroxylation sites is 2. The van der Waals surface area contributed by atoms with E-state index in [9.17, 15) is 14.3 Å². The van der Waals surface area contributed by atoms with Gasteiger partial charge in [-0.05, 0) is 17.7 Å². The van der Waals surface area contributed by atoms with Crippen molar-refractivity contribution in [1.82, 2.24) is 5.32 Å². The third-order valence-corrected chi connectivity index (χ3v) is 3.60. The smallest absolute Gasteiger partial charge is 0.170 e. The van der Waals surface area contributed by atoms with Crippen LogP contribution in [-0.2, 0) is 4.79 Å². The van der Waals surface area contributed by atoms with E-state index in [4.69, 9.17) is 9.47 Å². The van der Waals surface area contributed by atoms with Crippen molar-refractivity contribution in [3.63, 3.8) is 0 Å². The van der Waals surface area contributed by atoms with Gasteiger partial charge in [0.25, 0.3) is 0 Å². The third-order valence-electron chi connectivity index (χ3n) is 3.60. The van der Waals surface area contributed by atoms with Crippen LogP contribution >= 0.6 is 0 Å². The highest BCUT2D eigenvalue weighted by Gasteiger charge is 2.21. The van der Waals surface area contributed by atoms with Gasteiger partial charge in [-0.15, -0.1) is 0 Å². The lowest BCUT2D eigenvalue weighted by Gasteiger charge is -2.14. The molecule has 2 aromatic carbocycles. The van der Waals surface area contributed by atoms with E-state index in [0.29, 0.717) is 17.1 Å². The first-order valence-corrected chi connectivity index (χ1v) is 8.01. The Morgan fingerprint density at radius 3 is 2.44 bits per heavy atom. The average Bonchev–Trinajstić information content (AvgIpc) is 2.65. The molecule has 0 saturated heterocycles. The van der Waals surface area contributed by atoms with Crippen molar-refractivity contribution in [2.24, 2.45) is 0 Å². The van der Waals surface area contributed by atoms with E-state index in [0.717, 1.165) is 0 Å². The molecule has 0 aromatic heterocycles. The number of benzene rings is 2. The van der Waals surface area contributed by atoms with E-state index < -0.39 is 24.6 Å². The summed E-state index contributed by atoms with van der Waals surface area (Å²) in [5.74, 6) is 0.593. The standard InChI is InChI=1S/C19H22FNO4/c1-24-16-9-5-6-10-17(16)25-12-11-21-18(20)13-15(22)19(23)14-7-3-2-4-8-14/h2-10,18-19,21,23H,11-13H2,1H3. The van der Waals surface area contributed by atoms with Crippen LogP contribution in [-0.4, -0.2) is 37.4 Å². The molecule has 2 N–H and O–H groups in total. The Labute approximate surface area is 146 Å². The number of aliphatic hydroxyl groups excluding tert-OH is 1. The zero-order valence-electron chi connectivity index (χ0n) is 14.0. The maximum absolute atomic E-state index is 13.9. The van der Waals surface area contributed by atoms with E-state index in [-0.39, 0.29) is 13.2 Å². The second-order valence-electron chi connectivity index (χ2n) is 5.40. The first-order valence-electron chi connectivity index (χ1n) is 8.01. The number of carbonyl (C=O) groups is 1. The van der Waals surface area contributed by atoms with Crippen molar-refractivity contribution >= 4 is 5.78 Å². The van der Waals surface area contributed by atoms with Crippen LogP contribution < -0.4 is 14.8 Å². The second kappa shape index (κ2) is 9.76. The molecule has 2 unspecified atom stereocenters. The minimum atomic E-state index is -1.55. The number of hydrogen-bond acceptors (Lipinski definition) is 5. The highest BCUT2D eigenvalue weighted by atomic mass is 19.1. The van der Waals surface area contributed by atoms with Crippen LogP contribution in [0, 0.1) is 0 Å². The molecule has 0 radical (unpaired) electrons. The van der Waals surface area contributed by atoms with Crippen LogP contribution in [0.3, 0.4) is 0 Å². The number of ketones is 1. The predicted octanol–water partition coefficient (Wildman–Crippen LogP) is 2.65. The Morgan fingerprint density at radius 2 is 1.76 bits per heavy atom. The lowest BCUT2D eigenvalue weighted by atomic mass is 10.0. The van der Waals surface area contributed by atoms with Gasteiger partial charge in [-0.3, -0.25) is 10.1 Å². The Morgan fingerprint density at radius 1 is 1.12 bits per heavy atom. The number of aliphatic hydroxyl groups is 1. The number of alkyl halides is 1. The quantitative estimate of drug-likeness (QED) is 0.511. The largest absolute Gasteiger partial charge is 0.493 e. The van der Waals surface area contributed by atoms with Gasteiger partial charge in [-0.2, -0.15) is 0 Å². The highest BCUT2D eigenvalue weighted by Crippen LogP contribution is 2.25. The van der Waals surface area contributed by atoms with Gasteiger partial charge in [0.2, 0.25) is 0 Å². The summed E-state index contributed by atoms with van der Waals surface area (Å²) in [7, 11) is 1.54. The number of Topliss-reactive ketones (excluding diaryl/α,β-unsaturated/α-hetero) is 1. The topological polar surface area (TPSA) is 67.8 Å². The van der Waals surface area contributed by atoms with E-state index in [1.807, 2.05) is 12.1 Å². The van der Waals surface area contributed by atoms with Gasteiger partial charge >= 0.3 is 0 Å². The molecule has 25 heavy (non-hydrogen) atoms. The molecule has 0 aliphatic carbocycles. The fraction of sp³-hybridized carbons (Fsp3) is 0.316. The van der Waals surface area contributed by atoms with Crippen LogP contribution in [0.5, 0.6) is 11.5 Å². The predicted molar refractivity (Wildman–Crippen MR) is 92.4 cm³/mol. The summed E-state index contributed by atoms with van der Waals surface area (Å²) in [4.78, 5) is 11.9. The molecular weight excluding hydrogens is 325 g/mol. The summed E-state index contributed by atoms with van der Waals surface area (Å²) in [6.07, 6.45) is -3.27. The molecule has 0 fully saturated rings. The zero-order valence-corrected chi connectivity index (χ0v) is 14.0. The van der Waals surface area contributed by atoms with E-state index in [1.54, 1.807) is 49.6 Å². The number of methoxy groups -OCH3 is 1. The third kappa shape index (κ3) is 5.85. The van der Waals surface area contributed by atoms with Crippen molar-refractivity contribution < 1.29 is 23.8 Å². The van der Waals surface area contributed by atoms with Gasteiger partial charge in [0.05, 0.1) is 13.5 Å². The minimum Gasteiger partial charge on any atom is -0.493 e. The molecule has 2 aromatic rings. The summed E-state index contributed by atoms with van der Waals surface area (Å²) in [6.45, 7) is 0.435. The van der Waals surface area contributed by atoms with Crippen molar-refractivity contribution in [3.8, 4) is 11.5 Å². The zero-order chi connectivity index (χ0) is 18.1. The fourth-order valence-corrected chi connectivity index (χ4v) is 2.30. The number of nitrogens with one attached hydrogen (secondary N) is 1. The molecule has 0 bridgehead atoms. The van der Waals surface area contributed by atoms with Gasteiger partial charge in [-0.1, -0.05) is 42.5 Å². The lowest BCUT2D eigenvalue weighted by molar-refractivity contribution is -0.128. The molecule has 0 spiro atoms. The molecule has 2 rings (SSSR count). The van der Waals surface area contributed by atoms with Gasteiger partial charge in [0.1, 0.15) is 12.7 Å². The summed E-state index contributed by atoms with van der Waals surface area (Å²) in [5.41, 5.74) is 0.458. The monoisotopic (exact) mass is 347 g/mol. The average molecular weight is 347 g/mol. The van der Waals surface area contributed by atoms with E-state index in [2.05, 4.69) is 5.32 Å². The van der Waals surface area contributed by atoms with Gasteiger partial charge in [-0.25, -0.2) is 4.39 Å². The normalized spacial score (nSPS) is 13.1. The van der Waals surface area contributed by atoms with Crippen molar-refractivity contribution in [1.29, 1.82) is 0 Å². The maximum Gasteiger partial charge on any atom is 0.170 e. The minimum absolute atomic E-state index is 0.216. The van der Waals surface area contributed by atoms with Gasteiger partial charge in [0, 0.05) is 6.54 Å². The number of hydrogen-bond donors (Lipinski definition) is 2. The summed E-state index contributed by atoms with van der Waals surface area (Å²) >= 11 is 0. The molecule has 0 aliphatic rings. The van der Waals surface area contributed by atoms with Crippen molar-refractivity contribution in [3.05, 3.63) is 60.2 Å². The fourth-order valence-electron chi connectivity index (χ4n) is 2.30.